The van der Waals surface area contributed by atoms with Gasteiger partial charge in [0.2, 0.25) is 0 Å². The monoisotopic (exact) mass is 252 g/mol. The van der Waals surface area contributed by atoms with Crippen molar-refractivity contribution in [3.8, 4) is 11.1 Å². The van der Waals surface area contributed by atoms with E-state index >= 15 is 0 Å². The maximum Gasteiger partial charge on any atom is 0.150 e. The van der Waals surface area contributed by atoms with Crippen LogP contribution in [0.1, 0.15) is 42.3 Å². The number of carbonyl (C=O) groups is 1. The van der Waals surface area contributed by atoms with E-state index in [1.165, 1.54) is 16.7 Å². The second kappa shape index (κ2) is 5.00. The Morgan fingerprint density at radius 2 is 1.58 bits per heavy atom. The molecule has 0 unspecified atom stereocenters. The first kappa shape index (κ1) is 13.5. The summed E-state index contributed by atoms with van der Waals surface area (Å²) in [5.74, 6) is 0. The molecule has 0 saturated carbocycles. The maximum absolute atomic E-state index is 10.8. The molecular weight excluding hydrogens is 232 g/mol. The molecule has 0 aliphatic heterocycles. The van der Waals surface area contributed by atoms with E-state index < -0.39 is 0 Å². The highest BCUT2D eigenvalue weighted by atomic mass is 16.1. The molecule has 0 radical (unpaired) electrons. The van der Waals surface area contributed by atoms with Crippen LogP contribution in [-0.4, -0.2) is 6.29 Å². The van der Waals surface area contributed by atoms with Gasteiger partial charge in [-0.1, -0.05) is 57.2 Å². The van der Waals surface area contributed by atoms with Gasteiger partial charge in [-0.15, -0.1) is 0 Å². The highest BCUT2D eigenvalue weighted by Gasteiger charge is 2.13. The molecule has 0 saturated heterocycles. The summed E-state index contributed by atoms with van der Waals surface area (Å²) >= 11 is 0. The number of benzene rings is 2. The van der Waals surface area contributed by atoms with Crippen molar-refractivity contribution in [2.75, 3.05) is 0 Å². The SMILES string of the molecule is Cc1cc(C=O)ccc1-c1ccc(C(C)(C)C)cc1. The Balaban J connectivity index is 2.40. The average molecular weight is 252 g/mol. The van der Waals surface area contributed by atoms with Crippen LogP contribution in [0.4, 0.5) is 0 Å². The lowest BCUT2D eigenvalue weighted by molar-refractivity contribution is 0.112. The molecule has 0 amide bonds. The molecule has 2 aromatic rings. The van der Waals surface area contributed by atoms with Crippen LogP contribution >= 0.6 is 0 Å². The molecule has 19 heavy (non-hydrogen) atoms. The Labute approximate surface area is 115 Å². The van der Waals surface area contributed by atoms with Crippen LogP contribution in [-0.2, 0) is 5.41 Å². The highest BCUT2D eigenvalue weighted by Crippen LogP contribution is 2.28. The van der Waals surface area contributed by atoms with E-state index in [0.717, 1.165) is 17.4 Å². The van der Waals surface area contributed by atoms with Crippen LogP contribution in [0.25, 0.3) is 11.1 Å². The molecule has 2 rings (SSSR count). The first-order chi connectivity index (χ1) is 8.91. The van der Waals surface area contributed by atoms with Gasteiger partial charge in [0.05, 0.1) is 0 Å². The third-order valence-corrected chi connectivity index (χ3v) is 3.45. The van der Waals surface area contributed by atoms with Crippen molar-refractivity contribution < 1.29 is 4.79 Å². The Bertz CT molecular complexity index is 586. The van der Waals surface area contributed by atoms with E-state index in [4.69, 9.17) is 0 Å². The predicted molar refractivity (Wildman–Crippen MR) is 80.7 cm³/mol. The van der Waals surface area contributed by atoms with Crippen LogP contribution in [0.15, 0.2) is 42.5 Å². The quantitative estimate of drug-likeness (QED) is 0.703. The number of carbonyl (C=O) groups excluding carboxylic acids is 1. The van der Waals surface area contributed by atoms with Crippen LogP contribution in [0.5, 0.6) is 0 Å². The third-order valence-electron chi connectivity index (χ3n) is 3.45. The topological polar surface area (TPSA) is 17.1 Å². The van der Waals surface area contributed by atoms with Gasteiger partial charge >= 0.3 is 0 Å². The van der Waals surface area contributed by atoms with Gasteiger partial charge in [0.25, 0.3) is 0 Å². The molecule has 1 nitrogen and oxygen atoms in total. The first-order valence-corrected chi connectivity index (χ1v) is 6.58. The molecule has 2 aromatic carbocycles. The molecular formula is C18H20O. The molecule has 0 bridgehead atoms. The van der Waals surface area contributed by atoms with Crippen molar-refractivity contribution in [2.24, 2.45) is 0 Å². The van der Waals surface area contributed by atoms with E-state index in [9.17, 15) is 4.79 Å². The smallest absolute Gasteiger partial charge is 0.150 e. The molecule has 0 aliphatic carbocycles. The fourth-order valence-corrected chi connectivity index (χ4v) is 2.23. The lowest BCUT2D eigenvalue weighted by Crippen LogP contribution is -2.10. The molecule has 0 N–H and O–H groups in total. The number of rotatable bonds is 2. The average Bonchev–Trinajstić information content (AvgIpc) is 2.37. The molecule has 0 spiro atoms. The van der Waals surface area contributed by atoms with Gasteiger partial charge < -0.3 is 0 Å². The molecule has 0 atom stereocenters. The summed E-state index contributed by atoms with van der Waals surface area (Å²) in [6.07, 6.45) is 0.888. The summed E-state index contributed by atoms with van der Waals surface area (Å²) in [5.41, 5.74) is 5.75. The van der Waals surface area contributed by atoms with Crippen molar-refractivity contribution in [1.29, 1.82) is 0 Å². The van der Waals surface area contributed by atoms with Crippen molar-refractivity contribution >= 4 is 6.29 Å². The number of aldehydes is 1. The van der Waals surface area contributed by atoms with Gasteiger partial charge in [-0.3, -0.25) is 4.79 Å². The van der Waals surface area contributed by atoms with E-state index in [1.807, 2.05) is 25.1 Å². The fraction of sp³-hybridized carbons (Fsp3) is 0.278. The number of hydrogen-bond acceptors (Lipinski definition) is 1. The van der Waals surface area contributed by atoms with Crippen LogP contribution in [0, 0.1) is 6.92 Å². The minimum Gasteiger partial charge on any atom is -0.298 e. The number of hydrogen-bond donors (Lipinski definition) is 0. The zero-order valence-corrected chi connectivity index (χ0v) is 12.0. The van der Waals surface area contributed by atoms with Crippen molar-refractivity contribution in [2.45, 2.75) is 33.1 Å². The second-order valence-corrected chi connectivity index (χ2v) is 6.02. The summed E-state index contributed by atoms with van der Waals surface area (Å²) in [6, 6.07) is 14.5. The van der Waals surface area contributed by atoms with Crippen molar-refractivity contribution in [3.63, 3.8) is 0 Å². The highest BCUT2D eigenvalue weighted by molar-refractivity contribution is 5.78. The largest absolute Gasteiger partial charge is 0.298 e. The van der Waals surface area contributed by atoms with E-state index in [2.05, 4.69) is 45.0 Å². The van der Waals surface area contributed by atoms with E-state index in [0.29, 0.717) is 0 Å². The van der Waals surface area contributed by atoms with Crippen LogP contribution in [0.2, 0.25) is 0 Å². The zero-order chi connectivity index (χ0) is 14.0. The van der Waals surface area contributed by atoms with E-state index in [-0.39, 0.29) is 5.41 Å². The van der Waals surface area contributed by atoms with Gasteiger partial charge in [0, 0.05) is 5.56 Å². The standard InChI is InChI=1S/C18H20O/c1-13-11-14(12-19)5-10-17(13)15-6-8-16(9-7-15)18(2,3)4/h5-12H,1-4H3. The Kier molecular flexibility index (Phi) is 3.57. The lowest BCUT2D eigenvalue weighted by Gasteiger charge is -2.19. The minimum absolute atomic E-state index is 0.176. The molecule has 1 heteroatoms. The normalized spacial score (nSPS) is 11.4. The zero-order valence-electron chi connectivity index (χ0n) is 12.0. The summed E-state index contributed by atoms with van der Waals surface area (Å²) in [4.78, 5) is 10.8. The molecule has 0 heterocycles. The Morgan fingerprint density at radius 1 is 0.947 bits per heavy atom. The van der Waals surface area contributed by atoms with Gasteiger partial charge in [-0.25, -0.2) is 0 Å². The summed E-state index contributed by atoms with van der Waals surface area (Å²) < 4.78 is 0. The number of aryl methyl sites for hydroxylation is 1. The maximum atomic E-state index is 10.8. The molecule has 0 aromatic heterocycles. The Hall–Kier alpha value is -1.89. The Morgan fingerprint density at radius 3 is 2.05 bits per heavy atom. The summed E-state index contributed by atoms with van der Waals surface area (Å²) in [7, 11) is 0. The van der Waals surface area contributed by atoms with Gasteiger partial charge in [0.1, 0.15) is 6.29 Å². The van der Waals surface area contributed by atoms with Gasteiger partial charge in [-0.05, 0) is 40.7 Å². The molecule has 0 fully saturated rings. The molecule has 98 valence electrons. The first-order valence-electron chi connectivity index (χ1n) is 6.58. The third kappa shape index (κ3) is 2.93. The van der Waals surface area contributed by atoms with Crippen molar-refractivity contribution in [1.82, 2.24) is 0 Å². The lowest BCUT2D eigenvalue weighted by atomic mass is 9.86. The summed E-state index contributed by atoms with van der Waals surface area (Å²) in [6.45, 7) is 8.68. The van der Waals surface area contributed by atoms with Crippen LogP contribution < -0.4 is 0 Å². The van der Waals surface area contributed by atoms with Gasteiger partial charge in [-0.2, -0.15) is 0 Å². The van der Waals surface area contributed by atoms with Crippen LogP contribution in [0.3, 0.4) is 0 Å². The fourth-order valence-electron chi connectivity index (χ4n) is 2.23. The van der Waals surface area contributed by atoms with Crippen molar-refractivity contribution in [3.05, 3.63) is 59.2 Å². The van der Waals surface area contributed by atoms with E-state index in [1.54, 1.807) is 0 Å². The summed E-state index contributed by atoms with van der Waals surface area (Å²) in [5, 5.41) is 0. The molecule has 0 aliphatic rings. The van der Waals surface area contributed by atoms with Gasteiger partial charge in [0.15, 0.2) is 0 Å². The second-order valence-electron chi connectivity index (χ2n) is 6.02. The minimum atomic E-state index is 0.176. The predicted octanol–water partition coefficient (Wildman–Crippen LogP) is 4.77.